The van der Waals surface area contributed by atoms with Gasteiger partial charge in [-0.3, -0.25) is 9.69 Å². The lowest BCUT2D eigenvalue weighted by Gasteiger charge is -2.60. The topological polar surface area (TPSA) is 49.3 Å². The number of hydrogen-bond donors (Lipinski definition) is 0. The highest BCUT2D eigenvalue weighted by Gasteiger charge is 2.55. The molecule has 0 aromatic carbocycles. The van der Waals surface area contributed by atoms with Crippen LogP contribution in [-0.4, -0.2) is 52.9 Å². The molecule has 1 aromatic heterocycles. The van der Waals surface area contributed by atoms with Gasteiger partial charge in [-0.15, -0.1) is 0 Å². The Bertz CT molecular complexity index is 592. The van der Waals surface area contributed by atoms with Crippen LogP contribution in [0.2, 0.25) is 0 Å². The van der Waals surface area contributed by atoms with Crippen molar-refractivity contribution >= 4 is 11.5 Å². The van der Waals surface area contributed by atoms with E-state index in [9.17, 15) is 4.79 Å². The van der Waals surface area contributed by atoms with E-state index in [4.69, 9.17) is 0 Å². The second kappa shape index (κ2) is 6.10. The Morgan fingerprint density at radius 1 is 1.12 bits per heavy atom. The molecule has 0 bridgehead atoms. The van der Waals surface area contributed by atoms with Crippen LogP contribution in [0.5, 0.6) is 0 Å². The molecule has 4 rings (SSSR count). The van der Waals surface area contributed by atoms with Gasteiger partial charge >= 0.3 is 0 Å². The van der Waals surface area contributed by atoms with E-state index in [1.807, 2.05) is 12.4 Å². The van der Waals surface area contributed by atoms with Crippen molar-refractivity contribution in [3.8, 4) is 0 Å². The van der Waals surface area contributed by atoms with Gasteiger partial charge in [-0.1, -0.05) is 6.92 Å². The molecule has 5 heteroatoms. The third-order valence-electron chi connectivity index (χ3n) is 6.47. The molecule has 0 N–H and O–H groups in total. The van der Waals surface area contributed by atoms with Crippen LogP contribution in [-0.2, 0) is 11.2 Å². The molecule has 2 heterocycles. The number of nitrogens with zero attached hydrogens (tertiary/aromatic N) is 4. The number of carbonyl (C=O) groups is 1. The summed E-state index contributed by atoms with van der Waals surface area (Å²) in [5, 5.41) is 0. The van der Waals surface area contributed by atoms with Gasteiger partial charge in [0.2, 0.25) is 0 Å². The summed E-state index contributed by atoms with van der Waals surface area (Å²) in [5.41, 5.74) is 1.68. The molecular formula is C19H28N4O. The summed E-state index contributed by atoms with van der Waals surface area (Å²) in [6, 6.07) is 0.749. The van der Waals surface area contributed by atoms with E-state index in [0.717, 1.165) is 63.0 Å². The summed E-state index contributed by atoms with van der Waals surface area (Å²) in [6.45, 7) is 8.23. The fourth-order valence-corrected chi connectivity index (χ4v) is 4.84. The quantitative estimate of drug-likeness (QED) is 0.849. The molecule has 2 aliphatic carbocycles. The maximum Gasteiger partial charge on any atom is 0.132 e. The lowest BCUT2D eigenvalue weighted by Crippen LogP contribution is -2.60. The minimum Gasteiger partial charge on any atom is -0.366 e. The Morgan fingerprint density at radius 3 is 2.29 bits per heavy atom. The number of rotatable bonds is 4. The molecule has 5 nitrogen and oxygen atoms in total. The molecule has 0 atom stereocenters. The molecule has 3 fully saturated rings. The average molecular weight is 328 g/mol. The zero-order valence-corrected chi connectivity index (χ0v) is 14.9. The van der Waals surface area contributed by atoms with Gasteiger partial charge in [0.25, 0.3) is 0 Å². The Hall–Kier alpha value is -1.49. The van der Waals surface area contributed by atoms with Crippen LogP contribution in [0, 0.1) is 11.3 Å². The first-order chi connectivity index (χ1) is 11.6. The van der Waals surface area contributed by atoms with Gasteiger partial charge in [-0.2, -0.15) is 0 Å². The standard InChI is InChI=1S/C19H28N4O/c1-3-18-20-12-17(13-21-18)23-6-4-22(5-7-23)16-10-19(11-16)8-15(9-19)14(2)24/h12-13,15-16H,3-11H2,1-2H3/t15-,16-,19?. The maximum atomic E-state index is 11.4. The van der Waals surface area contributed by atoms with E-state index in [0.29, 0.717) is 17.1 Å². The Kier molecular flexibility index (Phi) is 4.07. The molecule has 130 valence electrons. The molecule has 0 radical (unpaired) electrons. The van der Waals surface area contributed by atoms with E-state index in [2.05, 4.69) is 26.7 Å². The third-order valence-corrected chi connectivity index (χ3v) is 6.47. The lowest BCUT2D eigenvalue weighted by atomic mass is 9.49. The predicted molar refractivity (Wildman–Crippen MR) is 94.1 cm³/mol. The molecule has 2 saturated carbocycles. The van der Waals surface area contributed by atoms with Crippen LogP contribution in [0.1, 0.15) is 45.4 Å². The van der Waals surface area contributed by atoms with E-state index in [1.165, 1.54) is 12.8 Å². The Morgan fingerprint density at radius 2 is 1.75 bits per heavy atom. The molecule has 0 unspecified atom stereocenters. The van der Waals surface area contributed by atoms with Crippen molar-refractivity contribution in [2.75, 3.05) is 31.1 Å². The van der Waals surface area contributed by atoms with Gasteiger partial charge < -0.3 is 4.90 Å². The molecule has 1 aliphatic heterocycles. The first-order valence-corrected chi connectivity index (χ1v) is 9.39. The molecule has 1 spiro atoms. The average Bonchev–Trinajstić information content (AvgIpc) is 2.53. The highest BCUT2D eigenvalue weighted by molar-refractivity contribution is 5.79. The summed E-state index contributed by atoms with van der Waals surface area (Å²) in [5.74, 6) is 1.68. The highest BCUT2D eigenvalue weighted by Crippen LogP contribution is 2.60. The van der Waals surface area contributed by atoms with Crippen molar-refractivity contribution in [3.05, 3.63) is 18.2 Å². The van der Waals surface area contributed by atoms with Gasteiger partial charge in [0, 0.05) is 44.6 Å². The molecular weight excluding hydrogens is 300 g/mol. The number of Topliss-reactive ketones (excluding diaryl/α,β-unsaturated/α-hetero) is 1. The van der Waals surface area contributed by atoms with E-state index in [1.54, 1.807) is 6.92 Å². The minimum atomic E-state index is 0.369. The number of piperazine rings is 1. The van der Waals surface area contributed by atoms with E-state index < -0.39 is 0 Å². The van der Waals surface area contributed by atoms with Gasteiger partial charge in [0.05, 0.1) is 18.1 Å². The fourth-order valence-electron chi connectivity index (χ4n) is 4.84. The highest BCUT2D eigenvalue weighted by atomic mass is 16.1. The van der Waals surface area contributed by atoms with Crippen LogP contribution < -0.4 is 4.90 Å². The van der Waals surface area contributed by atoms with Crippen molar-refractivity contribution < 1.29 is 4.79 Å². The van der Waals surface area contributed by atoms with Gasteiger partial charge in [0.1, 0.15) is 11.6 Å². The van der Waals surface area contributed by atoms with E-state index in [-0.39, 0.29) is 0 Å². The van der Waals surface area contributed by atoms with Gasteiger partial charge in [-0.25, -0.2) is 9.97 Å². The molecule has 1 aromatic rings. The van der Waals surface area contributed by atoms with Crippen LogP contribution in [0.25, 0.3) is 0 Å². The van der Waals surface area contributed by atoms with Gasteiger partial charge in [0.15, 0.2) is 0 Å². The summed E-state index contributed by atoms with van der Waals surface area (Å²) < 4.78 is 0. The van der Waals surface area contributed by atoms with Crippen LogP contribution in [0.4, 0.5) is 5.69 Å². The third kappa shape index (κ3) is 2.83. The normalized spacial score (nSPS) is 33.2. The second-order valence-corrected chi connectivity index (χ2v) is 8.01. The monoisotopic (exact) mass is 328 g/mol. The van der Waals surface area contributed by atoms with Crippen molar-refractivity contribution in [1.82, 2.24) is 14.9 Å². The smallest absolute Gasteiger partial charge is 0.132 e. The zero-order chi connectivity index (χ0) is 16.7. The van der Waals surface area contributed by atoms with Crippen LogP contribution >= 0.6 is 0 Å². The van der Waals surface area contributed by atoms with E-state index >= 15 is 0 Å². The number of anilines is 1. The SMILES string of the molecule is CCc1ncc(N2CCN([C@H]3CC4(C[C@H](C(C)=O)C4)C3)CC2)cn1. The van der Waals surface area contributed by atoms with Crippen LogP contribution in [0.15, 0.2) is 12.4 Å². The Labute approximate surface area is 144 Å². The Balaban J connectivity index is 1.25. The number of hydrogen-bond acceptors (Lipinski definition) is 5. The zero-order valence-electron chi connectivity index (χ0n) is 14.9. The van der Waals surface area contributed by atoms with Crippen LogP contribution in [0.3, 0.4) is 0 Å². The fraction of sp³-hybridized carbons (Fsp3) is 0.737. The van der Waals surface area contributed by atoms with Crippen molar-refractivity contribution in [1.29, 1.82) is 0 Å². The van der Waals surface area contributed by atoms with Crippen molar-refractivity contribution in [2.45, 2.75) is 52.0 Å². The lowest BCUT2D eigenvalue weighted by molar-refractivity contribution is -0.139. The van der Waals surface area contributed by atoms with Crippen molar-refractivity contribution in [3.63, 3.8) is 0 Å². The number of aromatic nitrogens is 2. The second-order valence-electron chi connectivity index (χ2n) is 8.01. The summed E-state index contributed by atoms with van der Waals surface area (Å²) >= 11 is 0. The summed E-state index contributed by atoms with van der Waals surface area (Å²) in [6.07, 6.45) is 9.75. The number of ketones is 1. The molecule has 3 aliphatic rings. The summed E-state index contributed by atoms with van der Waals surface area (Å²) in [4.78, 5) is 25.3. The predicted octanol–water partition coefficient (Wildman–Crippen LogP) is 2.31. The number of carbonyl (C=O) groups excluding carboxylic acids is 1. The van der Waals surface area contributed by atoms with Gasteiger partial charge in [-0.05, 0) is 38.0 Å². The maximum absolute atomic E-state index is 11.4. The number of aryl methyl sites for hydroxylation is 1. The molecule has 24 heavy (non-hydrogen) atoms. The largest absolute Gasteiger partial charge is 0.366 e. The molecule has 0 amide bonds. The summed E-state index contributed by atoms with van der Waals surface area (Å²) in [7, 11) is 0. The minimum absolute atomic E-state index is 0.369. The first kappa shape index (κ1) is 16.0. The first-order valence-electron chi connectivity index (χ1n) is 9.39. The molecule has 1 saturated heterocycles. The van der Waals surface area contributed by atoms with Crippen molar-refractivity contribution in [2.24, 2.45) is 11.3 Å².